The van der Waals surface area contributed by atoms with E-state index in [-0.39, 0.29) is 5.56 Å². The van der Waals surface area contributed by atoms with Gasteiger partial charge in [-0.25, -0.2) is 4.79 Å². The fraction of sp³-hybridized carbons (Fsp3) is 0.357. The zero-order chi connectivity index (χ0) is 13.1. The number of carboxylic acid groups (broad SMARTS) is 1. The predicted molar refractivity (Wildman–Crippen MR) is 73.7 cm³/mol. The van der Waals surface area contributed by atoms with E-state index >= 15 is 0 Å². The molecule has 3 nitrogen and oxygen atoms in total. The summed E-state index contributed by atoms with van der Waals surface area (Å²) in [5.41, 5.74) is 0.282. The minimum absolute atomic E-state index is 0.282. The van der Waals surface area contributed by atoms with Crippen LogP contribution in [0.3, 0.4) is 0 Å². The molecule has 0 aliphatic rings. The second kappa shape index (κ2) is 5.40. The van der Waals surface area contributed by atoms with Gasteiger partial charge in [-0.3, -0.25) is 0 Å². The second-order valence-corrected chi connectivity index (χ2v) is 5.59. The van der Waals surface area contributed by atoms with Crippen molar-refractivity contribution in [2.75, 3.05) is 6.61 Å². The standard InChI is InChI=1S/C14H16O3S/c1-9(2)3-5-17-12-7-10(14(15)16)8-13-11(12)4-6-18-13/h4,6-9H,3,5H2,1-2H3,(H,15,16). The maximum atomic E-state index is 11.0. The topological polar surface area (TPSA) is 46.5 Å². The van der Waals surface area contributed by atoms with E-state index in [1.165, 1.54) is 11.3 Å². The van der Waals surface area contributed by atoms with Crippen LogP contribution in [0.1, 0.15) is 30.6 Å². The number of aromatic carboxylic acids is 1. The van der Waals surface area contributed by atoms with Gasteiger partial charge in [-0.05, 0) is 35.9 Å². The molecule has 1 aromatic carbocycles. The Morgan fingerprint density at radius 1 is 1.44 bits per heavy atom. The molecule has 0 radical (unpaired) electrons. The zero-order valence-electron chi connectivity index (χ0n) is 10.5. The molecule has 0 saturated heterocycles. The third-order valence-corrected chi connectivity index (χ3v) is 3.60. The second-order valence-electron chi connectivity index (χ2n) is 4.64. The monoisotopic (exact) mass is 264 g/mol. The number of hydrogen-bond donors (Lipinski definition) is 1. The number of benzene rings is 1. The number of fused-ring (bicyclic) bond motifs is 1. The molecule has 0 unspecified atom stereocenters. The zero-order valence-corrected chi connectivity index (χ0v) is 11.3. The first-order valence-electron chi connectivity index (χ1n) is 5.95. The summed E-state index contributed by atoms with van der Waals surface area (Å²) in [4.78, 5) is 11.0. The van der Waals surface area contributed by atoms with E-state index < -0.39 is 5.97 Å². The van der Waals surface area contributed by atoms with Gasteiger partial charge in [0.05, 0.1) is 12.2 Å². The van der Waals surface area contributed by atoms with Gasteiger partial charge < -0.3 is 9.84 Å². The molecular weight excluding hydrogens is 248 g/mol. The maximum absolute atomic E-state index is 11.0. The highest BCUT2D eigenvalue weighted by molar-refractivity contribution is 7.17. The first-order valence-corrected chi connectivity index (χ1v) is 6.83. The van der Waals surface area contributed by atoms with Crippen molar-refractivity contribution in [2.24, 2.45) is 5.92 Å². The number of hydrogen-bond acceptors (Lipinski definition) is 3. The van der Waals surface area contributed by atoms with Crippen molar-refractivity contribution in [3.05, 3.63) is 29.1 Å². The van der Waals surface area contributed by atoms with Crippen LogP contribution in [-0.4, -0.2) is 17.7 Å². The van der Waals surface area contributed by atoms with Gasteiger partial charge in [-0.15, -0.1) is 11.3 Å². The van der Waals surface area contributed by atoms with Crippen LogP contribution in [0.5, 0.6) is 5.75 Å². The highest BCUT2D eigenvalue weighted by Gasteiger charge is 2.11. The lowest BCUT2D eigenvalue weighted by atomic mass is 10.1. The van der Waals surface area contributed by atoms with Crippen molar-refractivity contribution < 1.29 is 14.6 Å². The highest BCUT2D eigenvalue weighted by atomic mass is 32.1. The predicted octanol–water partition coefficient (Wildman–Crippen LogP) is 4.02. The molecule has 4 heteroatoms. The fourth-order valence-corrected chi connectivity index (χ4v) is 2.53. The maximum Gasteiger partial charge on any atom is 0.335 e. The Labute approximate surface area is 110 Å². The largest absolute Gasteiger partial charge is 0.493 e. The van der Waals surface area contributed by atoms with Crippen LogP contribution in [0.2, 0.25) is 0 Å². The highest BCUT2D eigenvalue weighted by Crippen LogP contribution is 2.31. The van der Waals surface area contributed by atoms with Crippen LogP contribution in [0.4, 0.5) is 0 Å². The van der Waals surface area contributed by atoms with E-state index in [1.807, 2.05) is 11.4 Å². The molecule has 0 aliphatic heterocycles. The SMILES string of the molecule is CC(C)CCOc1cc(C(=O)O)cc2sccc12. The van der Waals surface area contributed by atoms with E-state index in [4.69, 9.17) is 9.84 Å². The molecule has 0 amide bonds. The van der Waals surface area contributed by atoms with Crippen LogP contribution in [0.15, 0.2) is 23.6 Å². The summed E-state index contributed by atoms with van der Waals surface area (Å²) in [5.74, 6) is 0.330. The summed E-state index contributed by atoms with van der Waals surface area (Å²) in [6.45, 7) is 4.89. The minimum Gasteiger partial charge on any atom is -0.493 e. The minimum atomic E-state index is -0.918. The molecule has 1 heterocycles. The molecule has 18 heavy (non-hydrogen) atoms. The summed E-state index contributed by atoms with van der Waals surface area (Å²) in [5, 5.41) is 12.0. The molecule has 0 aliphatic carbocycles. The average Bonchev–Trinajstić information content (AvgIpc) is 2.76. The van der Waals surface area contributed by atoms with Gasteiger partial charge in [0.2, 0.25) is 0 Å². The molecule has 0 spiro atoms. The number of carbonyl (C=O) groups is 1. The summed E-state index contributed by atoms with van der Waals surface area (Å²) in [7, 11) is 0. The molecule has 2 aromatic rings. The van der Waals surface area contributed by atoms with Gasteiger partial charge >= 0.3 is 5.97 Å². The van der Waals surface area contributed by atoms with Crippen molar-refractivity contribution in [3.63, 3.8) is 0 Å². The first-order chi connectivity index (χ1) is 8.58. The van der Waals surface area contributed by atoms with Gasteiger partial charge in [0.15, 0.2) is 0 Å². The Morgan fingerprint density at radius 3 is 2.89 bits per heavy atom. The number of carboxylic acids is 1. The van der Waals surface area contributed by atoms with Crippen molar-refractivity contribution in [1.82, 2.24) is 0 Å². The number of rotatable bonds is 5. The molecular formula is C14H16O3S. The Hall–Kier alpha value is -1.55. The van der Waals surface area contributed by atoms with Crippen molar-refractivity contribution in [2.45, 2.75) is 20.3 Å². The smallest absolute Gasteiger partial charge is 0.335 e. The molecule has 0 fully saturated rings. The van der Waals surface area contributed by atoms with Gasteiger partial charge in [-0.1, -0.05) is 13.8 Å². The summed E-state index contributed by atoms with van der Waals surface area (Å²) < 4.78 is 6.68. The van der Waals surface area contributed by atoms with Gasteiger partial charge in [0.25, 0.3) is 0 Å². The van der Waals surface area contributed by atoms with E-state index in [1.54, 1.807) is 12.1 Å². The Balaban J connectivity index is 2.29. The van der Waals surface area contributed by atoms with Crippen LogP contribution >= 0.6 is 11.3 Å². The fourth-order valence-electron chi connectivity index (χ4n) is 1.69. The van der Waals surface area contributed by atoms with Crippen LogP contribution in [-0.2, 0) is 0 Å². The molecule has 2 rings (SSSR count). The van der Waals surface area contributed by atoms with E-state index in [9.17, 15) is 4.79 Å². The molecule has 0 atom stereocenters. The van der Waals surface area contributed by atoms with Gasteiger partial charge in [0, 0.05) is 10.1 Å². The summed E-state index contributed by atoms with van der Waals surface area (Å²) >= 11 is 1.53. The van der Waals surface area contributed by atoms with Gasteiger partial charge in [0.1, 0.15) is 5.75 Å². The number of ether oxygens (including phenoxy) is 1. The summed E-state index contributed by atoms with van der Waals surface area (Å²) in [6, 6.07) is 5.27. The molecule has 1 N–H and O–H groups in total. The number of thiophene rings is 1. The molecule has 96 valence electrons. The van der Waals surface area contributed by atoms with Gasteiger partial charge in [-0.2, -0.15) is 0 Å². The average molecular weight is 264 g/mol. The van der Waals surface area contributed by atoms with Crippen LogP contribution in [0, 0.1) is 5.92 Å². The lowest BCUT2D eigenvalue weighted by Gasteiger charge is -2.10. The summed E-state index contributed by atoms with van der Waals surface area (Å²) in [6.07, 6.45) is 0.961. The third kappa shape index (κ3) is 2.82. The Kier molecular flexibility index (Phi) is 3.87. The van der Waals surface area contributed by atoms with Crippen molar-refractivity contribution in [3.8, 4) is 5.75 Å². The first kappa shape index (κ1) is 12.9. The van der Waals surface area contributed by atoms with Crippen LogP contribution < -0.4 is 4.74 Å². The third-order valence-electron chi connectivity index (χ3n) is 2.73. The van der Waals surface area contributed by atoms with Crippen molar-refractivity contribution in [1.29, 1.82) is 0 Å². The van der Waals surface area contributed by atoms with Crippen LogP contribution in [0.25, 0.3) is 10.1 Å². The molecule has 0 saturated carbocycles. The molecule has 0 bridgehead atoms. The Bertz CT molecular complexity index is 557. The van der Waals surface area contributed by atoms with E-state index in [0.29, 0.717) is 18.3 Å². The van der Waals surface area contributed by atoms with E-state index in [0.717, 1.165) is 16.5 Å². The van der Waals surface area contributed by atoms with Crippen molar-refractivity contribution >= 4 is 27.4 Å². The van der Waals surface area contributed by atoms with E-state index in [2.05, 4.69) is 13.8 Å². The lowest BCUT2D eigenvalue weighted by molar-refractivity contribution is 0.0696. The quantitative estimate of drug-likeness (QED) is 0.887. The lowest BCUT2D eigenvalue weighted by Crippen LogP contribution is -2.03. The molecule has 1 aromatic heterocycles. The Morgan fingerprint density at radius 2 is 2.22 bits per heavy atom. The normalized spacial score (nSPS) is 11.1.